The van der Waals surface area contributed by atoms with Gasteiger partial charge in [-0.15, -0.1) is 0 Å². The Balaban J connectivity index is 1.17. The smallest absolute Gasteiger partial charge is 0.162 e. The minimum Gasteiger partial charge on any atom is -0.383 e. The second-order valence-corrected chi connectivity index (χ2v) is 8.47. The Morgan fingerprint density at radius 2 is 0.857 bits per heavy atom. The molecule has 2 aliphatic heterocycles. The third-order valence-corrected chi connectivity index (χ3v) is 6.09. The molecule has 0 unspecified atom stereocenters. The predicted octanol–water partition coefficient (Wildman–Crippen LogP) is 4.87. The van der Waals surface area contributed by atoms with Crippen LogP contribution in [0.1, 0.15) is 33.4 Å². The molecule has 0 saturated heterocycles. The lowest BCUT2D eigenvalue weighted by Crippen LogP contribution is -2.09. The number of rotatable bonds is 4. The second kappa shape index (κ2) is 8.50. The normalized spacial score (nSPS) is 16.2. The fourth-order valence-corrected chi connectivity index (χ4v) is 4.30. The third kappa shape index (κ3) is 4.02. The summed E-state index contributed by atoms with van der Waals surface area (Å²) in [7, 11) is 0. The van der Waals surface area contributed by atoms with E-state index < -0.39 is 0 Å². The maximum Gasteiger partial charge on any atom is 0.162 e. The fraction of sp³-hybridized carbons (Fsp3) is 0.0345. The molecule has 0 atom stereocenters. The van der Waals surface area contributed by atoms with Crippen LogP contribution in [0.15, 0.2) is 117 Å². The highest BCUT2D eigenvalue weighted by Gasteiger charge is 2.19. The topological polar surface area (TPSA) is 101 Å². The molecule has 2 aliphatic rings. The van der Waals surface area contributed by atoms with Gasteiger partial charge in [-0.25, -0.2) is 20.0 Å². The predicted molar refractivity (Wildman–Crippen MR) is 142 cm³/mol. The van der Waals surface area contributed by atoms with Crippen molar-refractivity contribution < 1.29 is 0 Å². The van der Waals surface area contributed by atoms with E-state index in [-0.39, 0.29) is 0 Å². The molecule has 35 heavy (non-hydrogen) atoms. The van der Waals surface area contributed by atoms with Crippen molar-refractivity contribution in [3.8, 4) is 0 Å². The van der Waals surface area contributed by atoms with E-state index in [0.717, 1.165) is 40.0 Å². The highest BCUT2D eigenvalue weighted by Crippen LogP contribution is 2.24. The van der Waals surface area contributed by atoms with E-state index in [0.29, 0.717) is 23.3 Å². The van der Waals surface area contributed by atoms with Crippen LogP contribution in [-0.2, 0) is 6.42 Å². The van der Waals surface area contributed by atoms with Crippen LogP contribution in [-0.4, -0.2) is 23.3 Å². The Kier molecular flexibility index (Phi) is 5.04. The van der Waals surface area contributed by atoms with Crippen molar-refractivity contribution in [1.82, 2.24) is 0 Å². The summed E-state index contributed by atoms with van der Waals surface area (Å²) < 4.78 is 0. The van der Waals surface area contributed by atoms with E-state index in [1.54, 1.807) is 0 Å². The van der Waals surface area contributed by atoms with Crippen LogP contribution in [0.2, 0.25) is 0 Å². The molecule has 0 bridgehead atoms. The summed E-state index contributed by atoms with van der Waals surface area (Å²) >= 11 is 0. The summed E-state index contributed by atoms with van der Waals surface area (Å²) in [6.07, 6.45) is 0.815. The molecule has 6 rings (SSSR count). The van der Waals surface area contributed by atoms with E-state index in [9.17, 15) is 0 Å². The van der Waals surface area contributed by atoms with Crippen molar-refractivity contribution >= 4 is 34.7 Å². The minimum absolute atomic E-state index is 0.511. The quantitative estimate of drug-likeness (QED) is 0.459. The van der Waals surface area contributed by atoms with Gasteiger partial charge in [-0.05, 0) is 41.8 Å². The average Bonchev–Trinajstić information content (AvgIpc) is 3.38. The van der Waals surface area contributed by atoms with E-state index >= 15 is 0 Å². The Hall–Kier alpha value is -4.84. The number of aliphatic imine (C=N–C) groups is 4. The van der Waals surface area contributed by atoms with Gasteiger partial charge in [0.1, 0.15) is 11.7 Å². The molecule has 4 aromatic rings. The Bertz CT molecular complexity index is 1440. The fourth-order valence-electron chi connectivity index (χ4n) is 4.30. The lowest BCUT2D eigenvalue weighted by Gasteiger charge is -2.04. The first-order valence-electron chi connectivity index (χ1n) is 11.4. The number of nitrogens with two attached hydrogens (primary N) is 2. The van der Waals surface area contributed by atoms with Gasteiger partial charge in [0.25, 0.3) is 0 Å². The van der Waals surface area contributed by atoms with Gasteiger partial charge in [0.15, 0.2) is 11.7 Å². The van der Waals surface area contributed by atoms with Crippen LogP contribution in [0, 0.1) is 0 Å². The molecule has 168 valence electrons. The van der Waals surface area contributed by atoms with Crippen molar-refractivity contribution in [2.24, 2.45) is 31.4 Å². The third-order valence-electron chi connectivity index (χ3n) is 6.09. The maximum absolute atomic E-state index is 6.03. The first-order chi connectivity index (χ1) is 17.1. The van der Waals surface area contributed by atoms with Crippen molar-refractivity contribution in [1.29, 1.82) is 0 Å². The summed E-state index contributed by atoms with van der Waals surface area (Å²) in [6.45, 7) is 0. The van der Waals surface area contributed by atoms with Crippen LogP contribution in [0.4, 0.5) is 11.4 Å². The van der Waals surface area contributed by atoms with E-state index in [1.807, 2.05) is 72.8 Å². The van der Waals surface area contributed by atoms with Gasteiger partial charge in [-0.1, -0.05) is 72.8 Å². The SMILES string of the molecule is NC1=NC(=Nc2ccc(Cc3ccc(N=C4N=C(N)c5ccccc54)cc3)cc2)c2ccccc21. The monoisotopic (exact) mass is 454 g/mol. The molecule has 0 radical (unpaired) electrons. The number of fused-ring (bicyclic) bond motifs is 2. The first-order valence-corrected chi connectivity index (χ1v) is 11.4. The first kappa shape index (κ1) is 20.7. The average molecular weight is 455 g/mol. The van der Waals surface area contributed by atoms with E-state index in [2.05, 4.69) is 34.3 Å². The molecule has 0 spiro atoms. The van der Waals surface area contributed by atoms with Gasteiger partial charge in [0.2, 0.25) is 0 Å². The van der Waals surface area contributed by atoms with Crippen LogP contribution >= 0.6 is 0 Å². The summed E-state index contributed by atoms with van der Waals surface area (Å²) in [5.41, 5.74) is 20.0. The Morgan fingerprint density at radius 1 is 0.486 bits per heavy atom. The summed E-state index contributed by atoms with van der Waals surface area (Å²) in [5.74, 6) is 2.33. The Morgan fingerprint density at radius 3 is 1.26 bits per heavy atom. The van der Waals surface area contributed by atoms with Gasteiger partial charge in [0.05, 0.1) is 11.4 Å². The molecule has 0 fully saturated rings. The lowest BCUT2D eigenvalue weighted by molar-refractivity contribution is 1.19. The molecule has 0 aliphatic carbocycles. The highest BCUT2D eigenvalue weighted by atomic mass is 15.0. The van der Waals surface area contributed by atoms with Gasteiger partial charge in [0, 0.05) is 22.3 Å². The molecular weight excluding hydrogens is 432 g/mol. The number of amidine groups is 4. The molecule has 0 saturated carbocycles. The molecule has 6 heteroatoms. The van der Waals surface area contributed by atoms with Crippen LogP contribution in [0.5, 0.6) is 0 Å². The minimum atomic E-state index is 0.511. The van der Waals surface area contributed by atoms with E-state index in [4.69, 9.17) is 21.5 Å². The number of hydrogen-bond acceptors (Lipinski definition) is 4. The molecule has 6 nitrogen and oxygen atoms in total. The summed E-state index contributed by atoms with van der Waals surface area (Å²) in [5, 5.41) is 0. The van der Waals surface area contributed by atoms with Crippen molar-refractivity contribution in [3.05, 3.63) is 130 Å². The van der Waals surface area contributed by atoms with Gasteiger partial charge in [-0.2, -0.15) is 0 Å². The maximum atomic E-state index is 6.03. The highest BCUT2D eigenvalue weighted by molar-refractivity contribution is 6.23. The zero-order valence-corrected chi connectivity index (χ0v) is 18.9. The molecule has 4 aromatic carbocycles. The number of hydrogen-bond donors (Lipinski definition) is 2. The molecule has 0 amide bonds. The largest absolute Gasteiger partial charge is 0.383 e. The van der Waals surface area contributed by atoms with Crippen LogP contribution in [0.25, 0.3) is 0 Å². The zero-order chi connectivity index (χ0) is 23.8. The van der Waals surface area contributed by atoms with Gasteiger partial charge >= 0.3 is 0 Å². The van der Waals surface area contributed by atoms with Crippen molar-refractivity contribution in [2.75, 3.05) is 0 Å². The Labute approximate surface area is 203 Å². The van der Waals surface area contributed by atoms with Gasteiger partial charge in [-0.3, -0.25) is 0 Å². The summed E-state index contributed by atoms with van der Waals surface area (Å²) in [4.78, 5) is 18.2. The van der Waals surface area contributed by atoms with Crippen LogP contribution < -0.4 is 11.5 Å². The summed E-state index contributed by atoms with van der Waals surface area (Å²) in [6, 6.07) is 32.2. The van der Waals surface area contributed by atoms with Crippen molar-refractivity contribution in [2.45, 2.75) is 6.42 Å². The van der Waals surface area contributed by atoms with Gasteiger partial charge < -0.3 is 11.5 Å². The zero-order valence-electron chi connectivity index (χ0n) is 18.9. The second-order valence-electron chi connectivity index (χ2n) is 8.47. The van der Waals surface area contributed by atoms with Crippen LogP contribution in [0.3, 0.4) is 0 Å². The molecule has 4 N–H and O–H groups in total. The molecule has 0 aromatic heterocycles. The van der Waals surface area contributed by atoms with E-state index in [1.165, 1.54) is 11.1 Å². The molecular formula is C29H22N6. The lowest BCUT2D eigenvalue weighted by atomic mass is 10.0. The molecule has 2 heterocycles. The number of benzene rings is 4. The standard InChI is InChI=1S/C29H22N6/c30-26-22-5-1-3-7-24(22)28(34-26)32-20-13-9-18(10-14-20)17-19-11-15-21(16-12-19)33-29-25-8-4-2-6-23(25)27(31)35-29/h1-16H,17H2,(H2,30,32,34)(H2,31,33,35). The van der Waals surface area contributed by atoms with Crippen molar-refractivity contribution in [3.63, 3.8) is 0 Å². The number of nitrogens with zero attached hydrogens (tertiary/aromatic N) is 4.